The Morgan fingerprint density at radius 3 is 3.00 bits per heavy atom. The maximum Gasteiger partial charge on any atom is 0.325 e. The maximum absolute atomic E-state index is 11.1. The molecule has 2 aromatic heterocycles. The highest BCUT2D eigenvalue weighted by molar-refractivity contribution is 9.10. The summed E-state index contributed by atoms with van der Waals surface area (Å²) in [5.74, 6) is 0. The van der Waals surface area contributed by atoms with Gasteiger partial charge in [0.25, 0.3) is 0 Å². The SMILES string of the molecule is O=c1[nH]ccn1Cc1cc(Br)cs1. The number of nitrogens with zero attached hydrogens (tertiary/aromatic N) is 1. The number of hydrogen-bond donors (Lipinski definition) is 1. The molecule has 2 heterocycles. The third kappa shape index (κ3) is 1.92. The van der Waals surface area contributed by atoms with Crippen LogP contribution in [0.4, 0.5) is 0 Å². The summed E-state index contributed by atoms with van der Waals surface area (Å²) in [6.45, 7) is 0.638. The molecular formula is C8H7BrN2OS. The van der Waals surface area contributed by atoms with E-state index in [-0.39, 0.29) is 5.69 Å². The fraction of sp³-hybridized carbons (Fsp3) is 0.125. The van der Waals surface area contributed by atoms with Crippen molar-refractivity contribution in [3.05, 3.63) is 43.7 Å². The summed E-state index contributed by atoms with van der Waals surface area (Å²) in [6.07, 6.45) is 3.39. The number of rotatable bonds is 2. The molecule has 0 aliphatic carbocycles. The van der Waals surface area contributed by atoms with Crippen LogP contribution in [0, 0.1) is 0 Å². The minimum absolute atomic E-state index is 0.0653. The highest BCUT2D eigenvalue weighted by atomic mass is 79.9. The Labute approximate surface area is 87.2 Å². The first-order chi connectivity index (χ1) is 6.25. The molecule has 5 heteroatoms. The van der Waals surface area contributed by atoms with Crippen LogP contribution in [0.3, 0.4) is 0 Å². The Bertz CT molecular complexity index is 456. The van der Waals surface area contributed by atoms with Crippen molar-refractivity contribution < 1.29 is 0 Å². The highest BCUT2D eigenvalue weighted by Crippen LogP contribution is 2.19. The number of aromatic nitrogens is 2. The molecule has 0 amide bonds. The normalized spacial score (nSPS) is 10.5. The first-order valence-electron chi connectivity index (χ1n) is 3.72. The van der Waals surface area contributed by atoms with Gasteiger partial charge < -0.3 is 4.98 Å². The molecule has 1 N–H and O–H groups in total. The molecule has 2 rings (SSSR count). The molecule has 3 nitrogen and oxygen atoms in total. The third-order valence-electron chi connectivity index (χ3n) is 1.67. The van der Waals surface area contributed by atoms with Crippen LogP contribution >= 0.6 is 27.3 Å². The van der Waals surface area contributed by atoms with Gasteiger partial charge in [-0.15, -0.1) is 11.3 Å². The predicted molar refractivity (Wildman–Crippen MR) is 56.2 cm³/mol. The van der Waals surface area contributed by atoms with Gasteiger partial charge in [0.1, 0.15) is 0 Å². The molecule has 0 saturated carbocycles. The van der Waals surface area contributed by atoms with Crippen LogP contribution in [0.25, 0.3) is 0 Å². The Balaban J connectivity index is 2.24. The van der Waals surface area contributed by atoms with E-state index < -0.39 is 0 Å². The van der Waals surface area contributed by atoms with Crippen LogP contribution in [-0.4, -0.2) is 9.55 Å². The van der Waals surface area contributed by atoms with Gasteiger partial charge in [-0.3, -0.25) is 4.57 Å². The summed E-state index contributed by atoms with van der Waals surface area (Å²) in [4.78, 5) is 14.9. The van der Waals surface area contributed by atoms with Gasteiger partial charge >= 0.3 is 5.69 Å². The Kier molecular flexibility index (Phi) is 2.37. The summed E-state index contributed by atoms with van der Waals surface area (Å²) in [5.41, 5.74) is -0.0653. The molecule has 0 aliphatic rings. The van der Waals surface area contributed by atoms with E-state index in [1.165, 1.54) is 0 Å². The van der Waals surface area contributed by atoms with Gasteiger partial charge in [0.15, 0.2) is 0 Å². The smallest absolute Gasteiger partial charge is 0.313 e. The largest absolute Gasteiger partial charge is 0.325 e. The standard InChI is InChI=1S/C8H7BrN2OS/c9-6-3-7(13-5-6)4-11-2-1-10-8(11)12/h1-3,5H,4H2,(H,10,12). The van der Waals surface area contributed by atoms with Gasteiger partial charge in [0.2, 0.25) is 0 Å². The van der Waals surface area contributed by atoms with Crippen LogP contribution < -0.4 is 5.69 Å². The number of halogens is 1. The second kappa shape index (κ2) is 3.51. The molecule has 0 bridgehead atoms. The van der Waals surface area contributed by atoms with Crippen molar-refractivity contribution in [2.45, 2.75) is 6.54 Å². The highest BCUT2D eigenvalue weighted by Gasteiger charge is 2.00. The summed E-state index contributed by atoms with van der Waals surface area (Å²) in [6, 6.07) is 2.02. The molecule has 2 aromatic rings. The topological polar surface area (TPSA) is 37.8 Å². The zero-order chi connectivity index (χ0) is 9.26. The minimum atomic E-state index is -0.0653. The minimum Gasteiger partial charge on any atom is -0.313 e. The van der Waals surface area contributed by atoms with Crippen LogP contribution in [0.2, 0.25) is 0 Å². The lowest BCUT2D eigenvalue weighted by Gasteiger charge is -1.95. The molecule has 0 atom stereocenters. The molecule has 0 saturated heterocycles. The second-order valence-corrected chi connectivity index (χ2v) is 4.54. The molecular weight excluding hydrogens is 252 g/mol. The quantitative estimate of drug-likeness (QED) is 0.880. The van der Waals surface area contributed by atoms with E-state index in [0.717, 1.165) is 9.35 Å². The first kappa shape index (κ1) is 8.77. The third-order valence-corrected chi connectivity index (χ3v) is 3.35. The number of H-pyrrole nitrogens is 1. The molecule has 0 unspecified atom stereocenters. The lowest BCUT2D eigenvalue weighted by Crippen LogP contribution is -2.15. The first-order valence-corrected chi connectivity index (χ1v) is 5.40. The van der Waals surface area contributed by atoms with E-state index in [2.05, 4.69) is 20.9 Å². The Morgan fingerprint density at radius 2 is 2.46 bits per heavy atom. The average molecular weight is 259 g/mol. The van der Waals surface area contributed by atoms with E-state index >= 15 is 0 Å². The van der Waals surface area contributed by atoms with Crippen LogP contribution in [-0.2, 0) is 6.54 Å². The van der Waals surface area contributed by atoms with Crippen LogP contribution in [0.5, 0.6) is 0 Å². The van der Waals surface area contributed by atoms with Crippen molar-refractivity contribution in [1.29, 1.82) is 0 Å². The van der Waals surface area contributed by atoms with E-state index in [1.807, 2.05) is 11.4 Å². The number of nitrogens with one attached hydrogen (secondary N) is 1. The van der Waals surface area contributed by atoms with Crippen molar-refractivity contribution in [3.8, 4) is 0 Å². The Hall–Kier alpha value is -0.810. The molecule has 0 spiro atoms. The second-order valence-electron chi connectivity index (χ2n) is 2.62. The van der Waals surface area contributed by atoms with Crippen molar-refractivity contribution in [2.24, 2.45) is 0 Å². The fourth-order valence-electron chi connectivity index (χ4n) is 1.08. The zero-order valence-corrected chi connectivity index (χ0v) is 9.06. The van der Waals surface area contributed by atoms with E-state index in [1.54, 1.807) is 28.3 Å². The van der Waals surface area contributed by atoms with Crippen LogP contribution in [0.15, 0.2) is 33.1 Å². The van der Waals surface area contributed by atoms with E-state index in [9.17, 15) is 4.79 Å². The van der Waals surface area contributed by atoms with Crippen molar-refractivity contribution in [3.63, 3.8) is 0 Å². The number of aromatic amines is 1. The molecule has 0 radical (unpaired) electrons. The lowest BCUT2D eigenvalue weighted by atomic mass is 10.4. The van der Waals surface area contributed by atoms with Crippen molar-refractivity contribution in [2.75, 3.05) is 0 Å². The van der Waals surface area contributed by atoms with Gasteiger partial charge in [-0.1, -0.05) is 0 Å². The van der Waals surface area contributed by atoms with Gasteiger partial charge in [-0.2, -0.15) is 0 Å². The van der Waals surface area contributed by atoms with E-state index in [4.69, 9.17) is 0 Å². The van der Waals surface area contributed by atoms with Gasteiger partial charge in [0, 0.05) is 27.1 Å². The summed E-state index contributed by atoms with van der Waals surface area (Å²) < 4.78 is 2.70. The molecule has 0 fully saturated rings. The fourth-order valence-corrected chi connectivity index (χ4v) is 2.53. The van der Waals surface area contributed by atoms with Crippen molar-refractivity contribution >= 4 is 27.3 Å². The summed E-state index contributed by atoms with van der Waals surface area (Å²) in [5, 5.41) is 2.01. The lowest BCUT2D eigenvalue weighted by molar-refractivity contribution is 0.772. The van der Waals surface area contributed by atoms with Crippen molar-refractivity contribution in [1.82, 2.24) is 9.55 Å². The number of thiophene rings is 1. The number of hydrogen-bond acceptors (Lipinski definition) is 2. The molecule has 0 aliphatic heterocycles. The average Bonchev–Trinajstić information content (AvgIpc) is 2.64. The van der Waals surface area contributed by atoms with E-state index in [0.29, 0.717) is 6.54 Å². The van der Waals surface area contributed by atoms with Crippen LogP contribution in [0.1, 0.15) is 4.88 Å². The molecule has 13 heavy (non-hydrogen) atoms. The summed E-state index contributed by atoms with van der Waals surface area (Å²) in [7, 11) is 0. The zero-order valence-electron chi connectivity index (χ0n) is 6.66. The maximum atomic E-state index is 11.1. The number of imidazole rings is 1. The molecule has 0 aromatic carbocycles. The summed E-state index contributed by atoms with van der Waals surface area (Å²) >= 11 is 5.01. The molecule has 68 valence electrons. The van der Waals surface area contributed by atoms with Gasteiger partial charge in [-0.05, 0) is 22.0 Å². The van der Waals surface area contributed by atoms with Gasteiger partial charge in [-0.25, -0.2) is 4.79 Å². The van der Waals surface area contributed by atoms with Gasteiger partial charge in [0.05, 0.1) is 6.54 Å². The Morgan fingerprint density at radius 1 is 1.62 bits per heavy atom. The predicted octanol–water partition coefficient (Wildman–Crippen LogP) is 2.05. The monoisotopic (exact) mass is 258 g/mol.